The molecule has 2 nitrogen and oxygen atoms in total. The van der Waals surface area contributed by atoms with Gasteiger partial charge < -0.3 is 5.32 Å². The van der Waals surface area contributed by atoms with Gasteiger partial charge in [0.25, 0.3) is 5.91 Å². The molecule has 0 spiro atoms. The molecule has 1 N–H and O–H groups in total. The summed E-state index contributed by atoms with van der Waals surface area (Å²) in [4.78, 5) is 12.0. The molecule has 0 aliphatic carbocycles. The van der Waals surface area contributed by atoms with Gasteiger partial charge in [-0.05, 0) is 37.6 Å². The first-order chi connectivity index (χ1) is 9.16. The zero-order chi connectivity index (χ0) is 14.3. The number of amides is 1. The van der Waals surface area contributed by atoms with Crippen molar-refractivity contribution in [2.75, 3.05) is 5.32 Å². The Morgan fingerprint density at radius 3 is 2.05 bits per heavy atom. The highest BCUT2D eigenvalue weighted by Crippen LogP contribution is 2.14. The molecule has 2 aromatic carbocycles. The zero-order valence-electron chi connectivity index (χ0n) is 12.0. The summed E-state index contributed by atoms with van der Waals surface area (Å²) in [5.41, 5.74) is 3.75. The molecule has 1 amide bonds. The number of hydrogen-bond donors (Lipinski definition) is 1. The molecule has 0 saturated heterocycles. The number of carbonyl (C=O) groups excluding carboxylic acids is 1. The Morgan fingerprint density at radius 1 is 0.895 bits per heavy atom. The van der Waals surface area contributed by atoms with Gasteiger partial charge in [0.15, 0.2) is 0 Å². The molecule has 19 heavy (non-hydrogen) atoms. The van der Waals surface area contributed by atoms with Crippen molar-refractivity contribution in [3.63, 3.8) is 0 Å². The molecular formula is C17H21NO. The lowest BCUT2D eigenvalue weighted by molar-refractivity contribution is 0.102. The largest absolute Gasteiger partial charge is 0.322 e. The van der Waals surface area contributed by atoms with Crippen LogP contribution in [0.4, 0.5) is 5.69 Å². The van der Waals surface area contributed by atoms with Gasteiger partial charge in [0.05, 0.1) is 0 Å². The first-order valence-corrected chi connectivity index (χ1v) is 6.60. The second-order valence-corrected chi connectivity index (χ2v) is 4.14. The molecule has 0 aliphatic heterocycles. The van der Waals surface area contributed by atoms with Gasteiger partial charge in [-0.15, -0.1) is 0 Å². The van der Waals surface area contributed by atoms with Crippen LogP contribution in [-0.2, 0) is 0 Å². The molecule has 0 radical (unpaired) electrons. The number of anilines is 1. The van der Waals surface area contributed by atoms with Crippen LogP contribution in [0.2, 0.25) is 0 Å². The normalized spacial score (nSPS) is 9.26. The van der Waals surface area contributed by atoms with Gasteiger partial charge >= 0.3 is 0 Å². The average molecular weight is 255 g/mol. The summed E-state index contributed by atoms with van der Waals surface area (Å²) in [6.07, 6.45) is 0. The molecule has 0 atom stereocenters. The molecule has 2 aromatic rings. The van der Waals surface area contributed by atoms with Crippen LogP contribution < -0.4 is 5.32 Å². The first-order valence-electron chi connectivity index (χ1n) is 6.60. The predicted octanol–water partition coefficient (Wildman–Crippen LogP) is 4.58. The van der Waals surface area contributed by atoms with Crippen LogP contribution in [0.1, 0.15) is 35.3 Å². The van der Waals surface area contributed by atoms with E-state index in [2.05, 4.69) is 5.32 Å². The van der Waals surface area contributed by atoms with E-state index in [0.29, 0.717) is 5.56 Å². The summed E-state index contributed by atoms with van der Waals surface area (Å²) in [5.74, 6) is -0.0701. The summed E-state index contributed by atoms with van der Waals surface area (Å²) in [6.45, 7) is 7.98. The second-order valence-electron chi connectivity index (χ2n) is 4.14. The van der Waals surface area contributed by atoms with E-state index >= 15 is 0 Å². The summed E-state index contributed by atoms with van der Waals surface area (Å²) >= 11 is 0. The van der Waals surface area contributed by atoms with Gasteiger partial charge in [-0.25, -0.2) is 0 Å². The Bertz CT molecular complexity index is 529. The highest BCUT2D eigenvalue weighted by atomic mass is 16.1. The van der Waals surface area contributed by atoms with Crippen molar-refractivity contribution in [3.8, 4) is 0 Å². The molecule has 0 unspecified atom stereocenters. The van der Waals surface area contributed by atoms with Crippen LogP contribution in [0.15, 0.2) is 48.5 Å². The third kappa shape index (κ3) is 4.25. The molecule has 0 heterocycles. The Hall–Kier alpha value is -2.09. The van der Waals surface area contributed by atoms with Crippen molar-refractivity contribution in [2.24, 2.45) is 0 Å². The topological polar surface area (TPSA) is 29.1 Å². The van der Waals surface area contributed by atoms with Crippen molar-refractivity contribution >= 4 is 11.6 Å². The number of carbonyl (C=O) groups is 1. The molecule has 100 valence electrons. The quantitative estimate of drug-likeness (QED) is 0.836. The van der Waals surface area contributed by atoms with Crippen molar-refractivity contribution in [1.29, 1.82) is 0 Å². The molecule has 0 aliphatic rings. The summed E-state index contributed by atoms with van der Waals surface area (Å²) in [7, 11) is 0. The fourth-order valence-electron chi connectivity index (χ4n) is 1.61. The van der Waals surface area contributed by atoms with Crippen molar-refractivity contribution in [1.82, 2.24) is 0 Å². The minimum atomic E-state index is -0.0701. The number of hydrogen-bond acceptors (Lipinski definition) is 1. The lowest BCUT2D eigenvalue weighted by Gasteiger charge is -2.08. The Morgan fingerprint density at radius 2 is 1.47 bits per heavy atom. The van der Waals surface area contributed by atoms with E-state index in [1.54, 1.807) is 0 Å². The van der Waals surface area contributed by atoms with Gasteiger partial charge in [0.1, 0.15) is 0 Å². The molecule has 0 saturated carbocycles. The Kier molecular flexibility index (Phi) is 5.80. The van der Waals surface area contributed by atoms with E-state index in [4.69, 9.17) is 0 Å². The molecule has 0 bridgehead atoms. The first kappa shape index (κ1) is 15.0. The third-order valence-electron chi connectivity index (χ3n) is 2.71. The smallest absolute Gasteiger partial charge is 0.255 e. The summed E-state index contributed by atoms with van der Waals surface area (Å²) in [5, 5.41) is 2.91. The van der Waals surface area contributed by atoms with Gasteiger partial charge in [-0.1, -0.05) is 49.7 Å². The van der Waals surface area contributed by atoms with Gasteiger partial charge in [0, 0.05) is 11.3 Å². The second kappa shape index (κ2) is 7.37. The highest BCUT2D eigenvalue weighted by molar-refractivity contribution is 6.04. The highest BCUT2D eigenvalue weighted by Gasteiger charge is 2.06. The molecule has 2 heteroatoms. The monoisotopic (exact) mass is 255 g/mol. The standard InChI is InChI=1S/C15H15NO.C2H6/c1-11-7-9-13(10-8-11)15(17)16-14-6-4-3-5-12(14)2;1-2/h3-10H,1-2H3,(H,16,17);1-2H3. The summed E-state index contributed by atoms with van der Waals surface area (Å²) in [6, 6.07) is 15.3. The maximum absolute atomic E-state index is 12.0. The van der Waals surface area contributed by atoms with Crippen LogP contribution in [0.5, 0.6) is 0 Å². The molecule has 0 aromatic heterocycles. The fourth-order valence-corrected chi connectivity index (χ4v) is 1.61. The van der Waals surface area contributed by atoms with Crippen LogP contribution >= 0.6 is 0 Å². The summed E-state index contributed by atoms with van der Waals surface area (Å²) < 4.78 is 0. The van der Waals surface area contributed by atoms with Crippen molar-refractivity contribution < 1.29 is 4.79 Å². The lowest BCUT2D eigenvalue weighted by Crippen LogP contribution is -2.12. The molecule has 0 fully saturated rings. The number of benzene rings is 2. The van der Waals surface area contributed by atoms with Gasteiger partial charge in [-0.2, -0.15) is 0 Å². The van der Waals surface area contributed by atoms with Gasteiger partial charge in [0.2, 0.25) is 0 Å². The maximum atomic E-state index is 12.0. The third-order valence-corrected chi connectivity index (χ3v) is 2.71. The van der Waals surface area contributed by atoms with E-state index in [9.17, 15) is 4.79 Å². The SMILES string of the molecule is CC.Cc1ccc(C(=O)Nc2ccccc2C)cc1. The predicted molar refractivity (Wildman–Crippen MR) is 81.7 cm³/mol. The molecular weight excluding hydrogens is 234 g/mol. The van der Waals surface area contributed by atoms with Crippen molar-refractivity contribution in [2.45, 2.75) is 27.7 Å². The van der Waals surface area contributed by atoms with E-state index in [1.807, 2.05) is 76.2 Å². The lowest BCUT2D eigenvalue weighted by atomic mass is 10.1. The number of nitrogens with one attached hydrogen (secondary N) is 1. The van der Waals surface area contributed by atoms with E-state index in [0.717, 1.165) is 16.8 Å². The average Bonchev–Trinajstić information content (AvgIpc) is 2.44. The van der Waals surface area contributed by atoms with E-state index in [1.165, 1.54) is 0 Å². The number of aryl methyl sites for hydroxylation is 2. The zero-order valence-corrected chi connectivity index (χ0v) is 12.0. The maximum Gasteiger partial charge on any atom is 0.255 e. The van der Waals surface area contributed by atoms with Gasteiger partial charge in [-0.3, -0.25) is 4.79 Å². The number of para-hydroxylation sites is 1. The Balaban J connectivity index is 0.000000861. The minimum Gasteiger partial charge on any atom is -0.322 e. The van der Waals surface area contributed by atoms with E-state index in [-0.39, 0.29) is 5.91 Å². The fraction of sp³-hybridized carbons (Fsp3) is 0.235. The Labute approximate surface area is 115 Å². The van der Waals surface area contributed by atoms with Crippen LogP contribution in [0, 0.1) is 13.8 Å². The van der Waals surface area contributed by atoms with Crippen LogP contribution in [0.25, 0.3) is 0 Å². The van der Waals surface area contributed by atoms with Crippen LogP contribution in [-0.4, -0.2) is 5.91 Å². The van der Waals surface area contributed by atoms with Crippen LogP contribution in [0.3, 0.4) is 0 Å². The molecule has 2 rings (SSSR count). The van der Waals surface area contributed by atoms with E-state index < -0.39 is 0 Å². The number of rotatable bonds is 2. The minimum absolute atomic E-state index is 0.0701. The van der Waals surface area contributed by atoms with Crippen molar-refractivity contribution in [3.05, 3.63) is 65.2 Å².